The molecule has 0 fully saturated rings. The number of fused-ring (bicyclic) bond motifs is 2. The number of nitrogens with two attached hydrogens (primary N) is 2. The molecule has 10 heteroatoms. The third-order valence-corrected chi connectivity index (χ3v) is 5.95. The fraction of sp³-hybridized carbons (Fsp3) is 0.333. The summed E-state index contributed by atoms with van der Waals surface area (Å²) in [6.07, 6.45) is 3.68. The fourth-order valence-electron chi connectivity index (χ4n) is 3.48. The number of nitrogen functional groups attached to an aromatic ring is 1. The molecule has 28 heavy (non-hydrogen) atoms. The van der Waals surface area contributed by atoms with Crippen LogP contribution in [0, 0.1) is 0 Å². The van der Waals surface area contributed by atoms with Gasteiger partial charge in [0.25, 0.3) is 11.8 Å². The van der Waals surface area contributed by atoms with Crippen molar-refractivity contribution in [3.63, 3.8) is 0 Å². The molecule has 0 spiro atoms. The summed E-state index contributed by atoms with van der Waals surface area (Å²) in [6, 6.07) is 3.16. The molecule has 0 saturated carbocycles. The highest BCUT2D eigenvalue weighted by atomic mass is 32.1. The predicted octanol–water partition coefficient (Wildman–Crippen LogP) is 1.07. The number of thiophene rings is 1. The zero-order chi connectivity index (χ0) is 19.8. The van der Waals surface area contributed by atoms with E-state index in [0.717, 1.165) is 36.1 Å². The van der Waals surface area contributed by atoms with Crippen LogP contribution in [0.5, 0.6) is 5.75 Å². The summed E-state index contributed by atoms with van der Waals surface area (Å²) in [5, 5.41) is 3.18. The number of amides is 3. The number of carbonyl (C=O) groups excluding carboxylic acids is 3. The molecule has 9 nitrogen and oxygen atoms in total. The van der Waals surface area contributed by atoms with E-state index in [1.54, 1.807) is 12.1 Å². The van der Waals surface area contributed by atoms with Gasteiger partial charge in [0.2, 0.25) is 5.91 Å². The van der Waals surface area contributed by atoms with Gasteiger partial charge in [-0.25, -0.2) is 4.98 Å². The Bertz CT molecular complexity index is 987. The fourth-order valence-corrected chi connectivity index (χ4v) is 4.79. The normalized spacial score (nSPS) is 15.4. The number of carbonyl (C=O) groups is 3. The quantitative estimate of drug-likeness (QED) is 0.700. The van der Waals surface area contributed by atoms with Gasteiger partial charge in [-0.15, -0.1) is 11.3 Å². The molecule has 3 amide bonds. The van der Waals surface area contributed by atoms with Gasteiger partial charge in [-0.05, 0) is 43.4 Å². The van der Waals surface area contributed by atoms with Gasteiger partial charge in [0.1, 0.15) is 17.4 Å². The van der Waals surface area contributed by atoms with E-state index < -0.39 is 17.7 Å². The first-order valence-electron chi connectivity index (χ1n) is 8.88. The van der Waals surface area contributed by atoms with Crippen LogP contribution in [-0.2, 0) is 22.4 Å². The number of aryl methyl sites for hydroxylation is 1. The van der Waals surface area contributed by atoms with E-state index in [1.165, 1.54) is 16.2 Å². The summed E-state index contributed by atoms with van der Waals surface area (Å²) in [6.45, 7) is -0.460. The zero-order valence-corrected chi connectivity index (χ0v) is 15.8. The number of aromatic nitrogens is 1. The van der Waals surface area contributed by atoms with Gasteiger partial charge in [0.15, 0.2) is 18.2 Å². The number of rotatable bonds is 4. The summed E-state index contributed by atoms with van der Waals surface area (Å²) in [5.74, 6) is -0.618. The number of anilines is 3. The molecule has 1 aliphatic heterocycles. The monoisotopic (exact) mass is 401 g/mol. The predicted molar refractivity (Wildman–Crippen MR) is 105 cm³/mol. The molecule has 0 aromatic carbocycles. The van der Waals surface area contributed by atoms with Crippen molar-refractivity contribution >= 4 is 45.7 Å². The number of primary amides is 1. The minimum Gasteiger partial charge on any atom is -0.480 e. The maximum Gasteiger partial charge on any atom is 0.266 e. The van der Waals surface area contributed by atoms with E-state index in [9.17, 15) is 14.4 Å². The lowest BCUT2D eigenvalue weighted by atomic mass is 9.95. The Hall–Kier alpha value is -3.14. The minimum atomic E-state index is -0.558. The molecule has 3 heterocycles. The number of nitrogens with one attached hydrogen (secondary N) is 1. The highest BCUT2D eigenvalue weighted by Gasteiger charge is 2.30. The van der Waals surface area contributed by atoms with E-state index in [0.29, 0.717) is 16.3 Å². The lowest BCUT2D eigenvalue weighted by Gasteiger charge is -2.27. The average molecular weight is 401 g/mol. The number of nitrogens with zero attached hydrogens (tertiary/aromatic N) is 2. The smallest absolute Gasteiger partial charge is 0.266 e. The first kappa shape index (κ1) is 18.2. The Morgan fingerprint density at radius 3 is 2.86 bits per heavy atom. The zero-order valence-electron chi connectivity index (χ0n) is 15.0. The van der Waals surface area contributed by atoms with Gasteiger partial charge in [0.05, 0.1) is 5.56 Å². The highest BCUT2D eigenvalue weighted by molar-refractivity contribution is 7.17. The largest absolute Gasteiger partial charge is 0.480 e. The average Bonchev–Trinajstić information content (AvgIpc) is 3.02. The Labute approximate surface area is 164 Å². The van der Waals surface area contributed by atoms with Gasteiger partial charge < -0.3 is 21.5 Å². The second kappa shape index (κ2) is 7.12. The Kier molecular flexibility index (Phi) is 4.63. The van der Waals surface area contributed by atoms with Crippen molar-refractivity contribution in [2.24, 2.45) is 5.73 Å². The standard InChI is InChI=1S/C18H19N5O4S/c19-12-6-5-10-17(21-12)23(14(25)8-27-10)7-13(24)22-18-15(16(20)26)9-3-1-2-4-11(9)28-18/h5-6H,1-4,7-8H2,(H2,19,21)(H2,20,26)(H,22,24). The second-order valence-corrected chi connectivity index (χ2v) is 7.76. The second-order valence-electron chi connectivity index (χ2n) is 6.65. The third-order valence-electron chi connectivity index (χ3n) is 4.74. The molecule has 0 radical (unpaired) electrons. The SMILES string of the molecule is NC(=O)c1c(NC(=O)CN2C(=O)COc3ccc(N)nc32)sc2c1CCCC2. The summed E-state index contributed by atoms with van der Waals surface area (Å²) in [4.78, 5) is 43.3. The van der Waals surface area contributed by atoms with Crippen LogP contribution in [0.3, 0.4) is 0 Å². The van der Waals surface area contributed by atoms with E-state index >= 15 is 0 Å². The van der Waals surface area contributed by atoms with Crippen molar-refractivity contribution in [3.8, 4) is 5.75 Å². The van der Waals surface area contributed by atoms with E-state index in [1.807, 2.05) is 0 Å². The molecule has 5 N–H and O–H groups in total. The molecule has 0 bridgehead atoms. The van der Waals surface area contributed by atoms with Crippen molar-refractivity contribution in [1.82, 2.24) is 4.98 Å². The van der Waals surface area contributed by atoms with Gasteiger partial charge in [0, 0.05) is 4.88 Å². The summed E-state index contributed by atoms with van der Waals surface area (Å²) >= 11 is 1.37. The van der Waals surface area contributed by atoms with E-state index in [-0.39, 0.29) is 24.8 Å². The van der Waals surface area contributed by atoms with Crippen molar-refractivity contribution in [1.29, 1.82) is 0 Å². The maximum absolute atomic E-state index is 12.7. The van der Waals surface area contributed by atoms with Crippen molar-refractivity contribution < 1.29 is 19.1 Å². The molecule has 146 valence electrons. The highest BCUT2D eigenvalue weighted by Crippen LogP contribution is 2.38. The van der Waals surface area contributed by atoms with Crippen LogP contribution in [0.2, 0.25) is 0 Å². The first-order chi connectivity index (χ1) is 13.4. The molecule has 2 aliphatic rings. The van der Waals surface area contributed by atoms with Gasteiger partial charge >= 0.3 is 0 Å². The molecule has 1 aliphatic carbocycles. The van der Waals surface area contributed by atoms with E-state index in [2.05, 4.69) is 10.3 Å². The van der Waals surface area contributed by atoms with Crippen LogP contribution in [0.15, 0.2) is 12.1 Å². The Morgan fingerprint density at radius 1 is 1.29 bits per heavy atom. The van der Waals surface area contributed by atoms with Crippen LogP contribution in [-0.4, -0.2) is 35.9 Å². The summed E-state index contributed by atoms with van der Waals surface area (Å²) in [5.41, 5.74) is 12.6. The van der Waals surface area contributed by atoms with E-state index in [4.69, 9.17) is 16.2 Å². The lowest BCUT2D eigenvalue weighted by Crippen LogP contribution is -2.44. The Morgan fingerprint density at radius 2 is 2.07 bits per heavy atom. The van der Waals surface area contributed by atoms with Crippen LogP contribution in [0.4, 0.5) is 16.6 Å². The molecule has 0 unspecified atom stereocenters. The number of hydrogen-bond donors (Lipinski definition) is 3. The van der Waals surface area contributed by atoms with Crippen LogP contribution in [0.25, 0.3) is 0 Å². The topological polar surface area (TPSA) is 141 Å². The van der Waals surface area contributed by atoms with Gasteiger partial charge in [-0.1, -0.05) is 0 Å². The maximum atomic E-state index is 12.7. The van der Waals surface area contributed by atoms with Crippen molar-refractivity contribution in [2.75, 3.05) is 29.1 Å². The van der Waals surface area contributed by atoms with Crippen LogP contribution >= 0.6 is 11.3 Å². The van der Waals surface area contributed by atoms with Crippen LogP contribution in [0.1, 0.15) is 33.6 Å². The molecular weight excluding hydrogens is 382 g/mol. The number of ether oxygens (including phenoxy) is 1. The van der Waals surface area contributed by atoms with Gasteiger partial charge in [-0.2, -0.15) is 0 Å². The Balaban J connectivity index is 1.58. The number of pyridine rings is 1. The first-order valence-corrected chi connectivity index (χ1v) is 9.69. The lowest BCUT2D eigenvalue weighted by molar-refractivity contribution is -0.123. The number of hydrogen-bond acceptors (Lipinski definition) is 7. The minimum absolute atomic E-state index is 0.189. The van der Waals surface area contributed by atoms with Crippen molar-refractivity contribution in [3.05, 3.63) is 28.1 Å². The van der Waals surface area contributed by atoms with Crippen molar-refractivity contribution in [2.45, 2.75) is 25.7 Å². The molecule has 4 rings (SSSR count). The molecule has 2 aromatic rings. The third kappa shape index (κ3) is 3.26. The van der Waals surface area contributed by atoms with Crippen LogP contribution < -0.4 is 26.4 Å². The summed E-state index contributed by atoms with van der Waals surface area (Å²) < 4.78 is 5.33. The summed E-state index contributed by atoms with van der Waals surface area (Å²) in [7, 11) is 0. The molecule has 0 atom stereocenters. The molecule has 2 aromatic heterocycles. The molecular formula is C18H19N5O4S. The van der Waals surface area contributed by atoms with Gasteiger partial charge in [-0.3, -0.25) is 19.3 Å². The molecule has 0 saturated heterocycles.